The quantitative estimate of drug-likeness (QED) is 0.256. The van der Waals surface area contributed by atoms with Crippen LogP contribution in [0.25, 0.3) is 0 Å². The molecule has 6 N–H and O–H groups in total. The van der Waals surface area contributed by atoms with Crippen molar-refractivity contribution in [1.82, 2.24) is 0 Å². The van der Waals surface area contributed by atoms with Gasteiger partial charge in [0.15, 0.2) is 6.29 Å². The van der Waals surface area contributed by atoms with Crippen LogP contribution in [0.2, 0.25) is 0 Å². The second kappa shape index (κ2) is 8.46. The molecule has 0 aromatic heterocycles. The third kappa shape index (κ3) is 4.29. The van der Waals surface area contributed by atoms with E-state index in [4.69, 9.17) is 9.47 Å². The van der Waals surface area contributed by atoms with Gasteiger partial charge in [0, 0.05) is 12.0 Å². The molecule has 3 rings (SSSR count). The lowest BCUT2D eigenvalue weighted by Gasteiger charge is -2.56. The minimum absolute atomic E-state index is 0.144. The predicted molar refractivity (Wildman–Crippen MR) is 104 cm³/mol. The van der Waals surface area contributed by atoms with Crippen LogP contribution in [-0.2, 0) is 14.3 Å². The van der Waals surface area contributed by atoms with E-state index in [2.05, 4.69) is 13.5 Å². The molecule has 30 heavy (non-hydrogen) atoms. The van der Waals surface area contributed by atoms with Crippen LogP contribution in [0, 0.1) is 17.3 Å². The Morgan fingerprint density at radius 1 is 1.17 bits per heavy atom. The Morgan fingerprint density at radius 2 is 1.83 bits per heavy atom. The highest BCUT2D eigenvalue weighted by molar-refractivity contribution is 5.86. The number of hydrogen-bond donors (Lipinski definition) is 6. The lowest BCUT2D eigenvalue weighted by molar-refractivity contribution is -0.321. The van der Waals surface area contributed by atoms with Crippen molar-refractivity contribution in [2.75, 3.05) is 6.61 Å². The van der Waals surface area contributed by atoms with Crippen LogP contribution in [0.3, 0.4) is 0 Å². The second-order valence-corrected chi connectivity index (χ2v) is 9.73. The molecule has 9 nitrogen and oxygen atoms in total. The van der Waals surface area contributed by atoms with Crippen molar-refractivity contribution in [1.29, 1.82) is 0 Å². The average molecular weight is 430 g/mol. The van der Waals surface area contributed by atoms with Crippen molar-refractivity contribution in [3.63, 3.8) is 0 Å². The van der Waals surface area contributed by atoms with Crippen LogP contribution in [0.15, 0.2) is 12.2 Å². The number of aliphatic carboxylic acids is 1. The van der Waals surface area contributed by atoms with Gasteiger partial charge in [-0.25, -0.2) is 4.79 Å². The minimum atomic E-state index is -1.52. The van der Waals surface area contributed by atoms with Crippen molar-refractivity contribution in [3.05, 3.63) is 12.2 Å². The number of aliphatic hydroxyl groups is 5. The fraction of sp³-hybridized carbons (Fsp3) is 0.857. The Balaban J connectivity index is 1.73. The molecule has 10 atom stereocenters. The molecule has 0 spiro atoms. The molecule has 2 aliphatic carbocycles. The van der Waals surface area contributed by atoms with Crippen LogP contribution >= 0.6 is 0 Å². The van der Waals surface area contributed by atoms with Crippen LogP contribution in [0.1, 0.15) is 46.0 Å². The summed E-state index contributed by atoms with van der Waals surface area (Å²) in [5, 5.41) is 60.0. The van der Waals surface area contributed by atoms with Crippen molar-refractivity contribution in [3.8, 4) is 0 Å². The largest absolute Gasteiger partial charge is 0.478 e. The molecule has 0 amide bonds. The summed E-state index contributed by atoms with van der Waals surface area (Å²) in [6, 6.07) is 0. The topological polar surface area (TPSA) is 157 Å². The summed E-state index contributed by atoms with van der Waals surface area (Å²) in [6.45, 7) is 6.92. The molecule has 0 aromatic rings. The van der Waals surface area contributed by atoms with E-state index in [0.29, 0.717) is 25.7 Å². The SMILES string of the molecule is C=C(C(=O)O)C1CCC2(C)CC(OC3OC(CO)C(O)C(O)C3O)CC(C)(O)C2C1. The van der Waals surface area contributed by atoms with Crippen molar-refractivity contribution >= 4 is 5.97 Å². The maximum absolute atomic E-state index is 11.3. The normalized spacial score (nSPS) is 49.3. The Hall–Kier alpha value is -1.07. The number of aliphatic hydroxyl groups excluding tert-OH is 4. The molecule has 1 heterocycles. The van der Waals surface area contributed by atoms with Gasteiger partial charge in [-0.1, -0.05) is 13.5 Å². The van der Waals surface area contributed by atoms with Gasteiger partial charge in [0.1, 0.15) is 24.4 Å². The van der Waals surface area contributed by atoms with Crippen LogP contribution in [0.5, 0.6) is 0 Å². The summed E-state index contributed by atoms with van der Waals surface area (Å²) in [5.74, 6) is -1.34. The van der Waals surface area contributed by atoms with Gasteiger partial charge >= 0.3 is 5.97 Å². The van der Waals surface area contributed by atoms with Gasteiger partial charge in [0.05, 0.1) is 18.3 Å². The molecule has 172 valence electrons. The highest BCUT2D eigenvalue weighted by Crippen LogP contribution is 2.57. The summed E-state index contributed by atoms with van der Waals surface area (Å²) < 4.78 is 11.4. The molecule has 0 radical (unpaired) electrons. The zero-order valence-corrected chi connectivity index (χ0v) is 17.5. The lowest BCUT2D eigenvalue weighted by atomic mass is 9.52. The molecule has 3 aliphatic rings. The van der Waals surface area contributed by atoms with Gasteiger partial charge in [-0.3, -0.25) is 0 Å². The van der Waals surface area contributed by atoms with E-state index in [-0.39, 0.29) is 29.2 Å². The molecule has 1 saturated heterocycles. The fourth-order valence-corrected chi connectivity index (χ4v) is 5.77. The molecule has 0 aromatic carbocycles. The first-order chi connectivity index (χ1) is 13.9. The number of fused-ring (bicyclic) bond motifs is 1. The Kier molecular flexibility index (Phi) is 6.65. The number of hydrogen-bond acceptors (Lipinski definition) is 8. The van der Waals surface area contributed by atoms with Gasteiger partial charge in [-0.05, 0) is 49.9 Å². The van der Waals surface area contributed by atoms with E-state index >= 15 is 0 Å². The monoisotopic (exact) mass is 430 g/mol. The Labute approximate surface area is 175 Å². The van der Waals surface area contributed by atoms with Crippen molar-refractivity contribution < 1.29 is 44.9 Å². The van der Waals surface area contributed by atoms with Gasteiger partial charge in [-0.2, -0.15) is 0 Å². The Morgan fingerprint density at radius 3 is 2.43 bits per heavy atom. The van der Waals surface area contributed by atoms with Crippen molar-refractivity contribution in [2.45, 2.75) is 88.4 Å². The number of carboxylic acid groups (broad SMARTS) is 1. The molecular weight excluding hydrogens is 396 g/mol. The number of rotatable bonds is 5. The summed E-state index contributed by atoms with van der Waals surface area (Å²) >= 11 is 0. The number of ether oxygens (including phenoxy) is 2. The van der Waals surface area contributed by atoms with E-state index in [1.165, 1.54) is 0 Å². The predicted octanol–water partition coefficient (Wildman–Crippen LogP) is -0.220. The van der Waals surface area contributed by atoms with Crippen LogP contribution in [0.4, 0.5) is 0 Å². The van der Waals surface area contributed by atoms with E-state index in [9.17, 15) is 35.4 Å². The van der Waals surface area contributed by atoms with Gasteiger partial charge < -0.3 is 40.1 Å². The molecule has 1 aliphatic heterocycles. The first-order valence-electron chi connectivity index (χ1n) is 10.5. The minimum Gasteiger partial charge on any atom is -0.478 e. The highest BCUT2D eigenvalue weighted by atomic mass is 16.7. The summed E-state index contributed by atoms with van der Waals surface area (Å²) in [5.41, 5.74) is -1.27. The summed E-state index contributed by atoms with van der Waals surface area (Å²) in [6.07, 6.45) is -4.58. The van der Waals surface area contributed by atoms with Crippen LogP contribution in [-0.4, -0.2) is 85.6 Å². The van der Waals surface area contributed by atoms with Gasteiger partial charge in [0.25, 0.3) is 0 Å². The average Bonchev–Trinajstić information content (AvgIpc) is 2.66. The zero-order valence-electron chi connectivity index (χ0n) is 17.5. The molecule has 9 heteroatoms. The highest BCUT2D eigenvalue weighted by Gasteiger charge is 2.55. The smallest absolute Gasteiger partial charge is 0.331 e. The Bertz CT molecular complexity index is 663. The fourth-order valence-electron chi connectivity index (χ4n) is 5.77. The van der Waals surface area contributed by atoms with E-state index in [0.717, 1.165) is 0 Å². The van der Waals surface area contributed by atoms with Gasteiger partial charge in [-0.15, -0.1) is 0 Å². The molecule has 0 bridgehead atoms. The summed E-state index contributed by atoms with van der Waals surface area (Å²) in [4.78, 5) is 11.3. The van der Waals surface area contributed by atoms with Crippen LogP contribution < -0.4 is 0 Å². The molecular formula is C21H34O9. The second-order valence-electron chi connectivity index (χ2n) is 9.73. The first kappa shape index (κ1) is 23.6. The maximum Gasteiger partial charge on any atom is 0.331 e. The van der Waals surface area contributed by atoms with Gasteiger partial charge in [0.2, 0.25) is 0 Å². The van der Waals surface area contributed by atoms with E-state index < -0.39 is 55.0 Å². The standard InChI is InChI=1S/C21H34O9/c1-10(18(26)27)11-4-5-20(2)7-12(8-21(3,28)14(20)6-11)29-19-17(25)16(24)15(23)13(9-22)30-19/h11-17,19,22-25,28H,1,4-9H2,2-3H3,(H,26,27). The third-order valence-corrected chi connectivity index (χ3v) is 7.45. The zero-order chi connectivity index (χ0) is 22.4. The molecule has 2 saturated carbocycles. The maximum atomic E-state index is 11.3. The lowest BCUT2D eigenvalue weighted by Crippen LogP contribution is -2.61. The number of carboxylic acids is 1. The summed E-state index contributed by atoms with van der Waals surface area (Å²) in [7, 11) is 0. The molecule has 3 fully saturated rings. The van der Waals surface area contributed by atoms with E-state index in [1.54, 1.807) is 6.92 Å². The van der Waals surface area contributed by atoms with Crippen molar-refractivity contribution in [2.24, 2.45) is 17.3 Å². The third-order valence-electron chi connectivity index (χ3n) is 7.45. The molecule has 10 unspecified atom stereocenters. The first-order valence-corrected chi connectivity index (χ1v) is 10.5. The number of carbonyl (C=O) groups is 1. The van der Waals surface area contributed by atoms with E-state index in [1.807, 2.05) is 0 Å².